The van der Waals surface area contributed by atoms with E-state index in [2.05, 4.69) is 5.32 Å². The fraction of sp³-hybridized carbons (Fsp3) is 0.235. The molecule has 2 aromatic carbocycles. The molecule has 1 amide bonds. The molecule has 1 atom stereocenters. The lowest BCUT2D eigenvalue weighted by atomic mass is 10.1. The average Bonchev–Trinajstić information content (AvgIpc) is 2.57. The lowest BCUT2D eigenvalue weighted by molar-refractivity contribution is -0.384. The van der Waals surface area contributed by atoms with Gasteiger partial charge >= 0.3 is 0 Å². The Labute approximate surface area is 162 Å². The number of halogens is 1. The van der Waals surface area contributed by atoms with E-state index in [0.29, 0.717) is 16.3 Å². The minimum absolute atomic E-state index is 0.0634. The summed E-state index contributed by atoms with van der Waals surface area (Å²) in [5, 5.41) is 13.9. The molecule has 10 heteroatoms. The van der Waals surface area contributed by atoms with Crippen molar-refractivity contribution in [2.24, 2.45) is 0 Å². The number of rotatable bonds is 6. The second-order valence-corrected chi connectivity index (χ2v) is 8.20. The van der Waals surface area contributed by atoms with Crippen LogP contribution in [0.2, 0.25) is 5.02 Å². The van der Waals surface area contributed by atoms with Gasteiger partial charge in [0, 0.05) is 12.1 Å². The standard InChI is InChI=1S/C17H18ClN3O5S/c1-11-8-9-13(21(23)24)10-16(11)20(27(3,25)26)12(2)17(22)19-15-7-5-4-6-14(15)18/h4-10,12H,1-3H3,(H,19,22)/t12-/m0/s1. The van der Waals surface area contributed by atoms with Gasteiger partial charge in [0.2, 0.25) is 15.9 Å². The van der Waals surface area contributed by atoms with Crippen molar-refractivity contribution in [1.29, 1.82) is 0 Å². The second kappa shape index (κ2) is 7.93. The van der Waals surface area contributed by atoms with E-state index in [9.17, 15) is 23.3 Å². The van der Waals surface area contributed by atoms with Gasteiger partial charge in [-0.3, -0.25) is 19.2 Å². The minimum atomic E-state index is -3.91. The predicted molar refractivity (Wildman–Crippen MR) is 105 cm³/mol. The van der Waals surface area contributed by atoms with Crippen molar-refractivity contribution >= 4 is 44.6 Å². The smallest absolute Gasteiger partial charge is 0.271 e. The lowest BCUT2D eigenvalue weighted by Gasteiger charge is -2.29. The molecule has 0 aliphatic rings. The van der Waals surface area contributed by atoms with Crippen molar-refractivity contribution < 1.29 is 18.1 Å². The zero-order chi connectivity index (χ0) is 20.4. The Bertz CT molecular complexity index is 994. The zero-order valence-corrected chi connectivity index (χ0v) is 16.4. The molecule has 27 heavy (non-hydrogen) atoms. The monoisotopic (exact) mass is 411 g/mol. The van der Waals surface area contributed by atoms with Crippen LogP contribution in [0, 0.1) is 17.0 Å². The quantitative estimate of drug-likeness (QED) is 0.579. The number of carbonyl (C=O) groups excluding carboxylic acids is 1. The van der Waals surface area contributed by atoms with Crippen LogP contribution in [0.4, 0.5) is 17.1 Å². The van der Waals surface area contributed by atoms with Gasteiger partial charge in [-0.15, -0.1) is 0 Å². The van der Waals surface area contributed by atoms with Crippen molar-refractivity contribution in [2.75, 3.05) is 15.9 Å². The van der Waals surface area contributed by atoms with Crippen molar-refractivity contribution in [3.8, 4) is 0 Å². The molecule has 0 saturated heterocycles. The second-order valence-electron chi connectivity index (χ2n) is 5.93. The van der Waals surface area contributed by atoms with E-state index >= 15 is 0 Å². The molecule has 0 heterocycles. The summed E-state index contributed by atoms with van der Waals surface area (Å²) in [6, 6.07) is 9.20. The fourth-order valence-corrected chi connectivity index (χ4v) is 3.94. The third-order valence-electron chi connectivity index (χ3n) is 3.86. The van der Waals surface area contributed by atoms with E-state index in [4.69, 9.17) is 11.6 Å². The van der Waals surface area contributed by atoms with E-state index in [1.165, 1.54) is 19.1 Å². The number of para-hydroxylation sites is 1. The number of aryl methyl sites for hydroxylation is 1. The highest BCUT2D eigenvalue weighted by atomic mass is 35.5. The molecule has 0 spiro atoms. The van der Waals surface area contributed by atoms with Gasteiger partial charge in [-0.05, 0) is 31.5 Å². The first-order valence-electron chi connectivity index (χ1n) is 7.82. The maximum absolute atomic E-state index is 12.6. The van der Waals surface area contributed by atoms with E-state index < -0.39 is 26.9 Å². The first-order chi connectivity index (χ1) is 12.5. The molecule has 0 bridgehead atoms. The number of hydrogen-bond donors (Lipinski definition) is 1. The molecule has 0 aromatic heterocycles. The molecule has 144 valence electrons. The van der Waals surface area contributed by atoms with E-state index in [-0.39, 0.29) is 11.4 Å². The van der Waals surface area contributed by atoms with Crippen LogP contribution in [0.5, 0.6) is 0 Å². The number of sulfonamides is 1. The molecular formula is C17H18ClN3O5S. The van der Waals surface area contributed by atoms with Crippen LogP contribution in [-0.4, -0.2) is 31.5 Å². The third kappa shape index (κ3) is 4.75. The van der Waals surface area contributed by atoms with Gasteiger partial charge in [0.25, 0.3) is 5.69 Å². The molecule has 0 radical (unpaired) electrons. The summed E-state index contributed by atoms with van der Waals surface area (Å²) >= 11 is 6.02. The molecule has 0 unspecified atom stereocenters. The summed E-state index contributed by atoms with van der Waals surface area (Å²) in [4.78, 5) is 23.1. The summed E-state index contributed by atoms with van der Waals surface area (Å²) in [6.07, 6.45) is 0.935. The predicted octanol–water partition coefficient (Wildman–Crippen LogP) is 3.35. The van der Waals surface area contributed by atoms with Crippen LogP contribution < -0.4 is 9.62 Å². The number of nitrogens with zero attached hydrogens (tertiary/aromatic N) is 2. The SMILES string of the molecule is Cc1ccc([N+](=O)[O-])cc1N([C@@H](C)C(=O)Nc1ccccc1Cl)S(C)(=O)=O. The Morgan fingerprint density at radius 2 is 1.89 bits per heavy atom. The van der Waals surface area contributed by atoms with Crippen LogP contribution in [0.1, 0.15) is 12.5 Å². The molecule has 2 aromatic rings. The minimum Gasteiger partial charge on any atom is -0.323 e. The molecule has 2 rings (SSSR count). The van der Waals surface area contributed by atoms with E-state index in [0.717, 1.165) is 16.6 Å². The first kappa shape index (κ1) is 20.7. The summed E-state index contributed by atoms with van der Waals surface area (Å²) in [6.45, 7) is 3.00. The molecule has 0 fully saturated rings. The van der Waals surface area contributed by atoms with Gasteiger partial charge in [0.05, 0.1) is 27.6 Å². The largest absolute Gasteiger partial charge is 0.323 e. The summed E-state index contributed by atoms with van der Waals surface area (Å²) in [5.74, 6) is -0.626. The highest BCUT2D eigenvalue weighted by Crippen LogP contribution is 2.30. The molecule has 1 N–H and O–H groups in total. The van der Waals surface area contributed by atoms with Gasteiger partial charge in [-0.2, -0.15) is 0 Å². The van der Waals surface area contributed by atoms with Crippen molar-refractivity contribution in [1.82, 2.24) is 0 Å². The van der Waals surface area contributed by atoms with Crippen molar-refractivity contribution in [2.45, 2.75) is 19.9 Å². The maximum Gasteiger partial charge on any atom is 0.271 e. The number of nitro benzene ring substituents is 1. The number of carbonyl (C=O) groups is 1. The Balaban J connectivity index is 2.45. The van der Waals surface area contributed by atoms with Crippen LogP contribution in [-0.2, 0) is 14.8 Å². The van der Waals surface area contributed by atoms with E-state index in [1.54, 1.807) is 31.2 Å². The lowest BCUT2D eigenvalue weighted by Crippen LogP contribution is -2.45. The van der Waals surface area contributed by atoms with Gasteiger partial charge in [-0.25, -0.2) is 8.42 Å². The number of nitro groups is 1. The number of anilines is 2. The Morgan fingerprint density at radius 3 is 2.44 bits per heavy atom. The number of nitrogens with one attached hydrogen (secondary N) is 1. The first-order valence-corrected chi connectivity index (χ1v) is 10.0. The zero-order valence-electron chi connectivity index (χ0n) is 14.8. The number of amides is 1. The Hall–Kier alpha value is -2.65. The molecular weight excluding hydrogens is 394 g/mol. The molecule has 8 nitrogen and oxygen atoms in total. The molecule has 0 aliphatic carbocycles. The van der Waals surface area contributed by atoms with Crippen molar-refractivity contribution in [3.63, 3.8) is 0 Å². The average molecular weight is 412 g/mol. The van der Waals surface area contributed by atoms with Crippen LogP contribution >= 0.6 is 11.6 Å². The van der Waals surface area contributed by atoms with E-state index in [1.807, 2.05) is 0 Å². The fourth-order valence-electron chi connectivity index (χ4n) is 2.53. The van der Waals surface area contributed by atoms with Gasteiger partial charge in [0.1, 0.15) is 6.04 Å². The highest BCUT2D eigenvalue weighted by Gasteiger charge is 2.31. The summed E-state index contributed by atoms with van der Waals surface area (Å²) < 4.78 is 25.6. The van der Waals surface area contributed by atoms with Crippen LogP contribution in [0.15, 0.2) is 42.5 Å². The van der Waals surface area contributed by atoms with Crippen LogP contribution in [0.25, 0.3) is 0 Å². The van der Waals surface area contributed by atoms with Gasteiger partial charge in [0.15, 0.2) is 0 Å². The topological polar surface area (TPSA) is 110 Å². The number of hydrogen-bond acceptors (Lipinski definition) is 5. The molecule has 0 saturated carbocycles. The normalized spacial score (nSPS) is 12.3. The highest BCUT2D eigenvalue weighted by molar-refractivity contribution is 7.92. The Kier molecular flexibility index (Phi) is 6.07. The Morgan fingerprint density at radius 1 is 1.26 bits per heavy atom. The van der Waals surface area contributed by atoms with Gasteiger partial charge in [-0.1, -0.05) is 29.8 Å². The summed E-state index contributed by atoms with van der Waals surface area (Å²) in [5.41, 5.74) is 0.597. The van der Waals surface area contributed by atoms with Gasteiger partial charge < -0.3 is 5.32 Å². The summed E-state index contributed by atoms with van der Waals surface area (Å²) in [7, 11) is -3.91. The number of benzene rings is 2. The van der Waals surface area contributed by atoms with Crippen molar-refractivity contribution in [3.05, 3.63) is 63.2 Å². The van der Waals surface area contributed by atoms with Crippen LogP contribution in [0.3, 0.4) is 0 Å². The molecule has 0 aliphatic heterocycles. The maximum atomic E-state index is 12.6. The number of non-ortho nitro benzene ring substituents is 1. The third-order valence-corrected chi connectivity index (χ3v) is 5.42.